The maximum Gasteiger partial charge on any atom is 0.311 e. The number of rotatable bonds is 5. The Morgan fingerprint density at radius 1 is 1.48 bits per heavy atom. The fourth-order valence-corrected chi connectivity index (χ4v) is 3.93. The summed E-state index contributed by atoms with van der Waals surface area (Å²) >= 11 is 0. The lowest BCUT2D eigenvalue weighted by Crippen LogP contribution is -2.39. The monoisotopic (exact) mass is 347 g/mol. The van der Waals surface area contributed by atoms with Gasteiger partial charge in [0.05, 0.1) is 13.2 Å². The van der Waals surface area contributed by atoms with Crippen molar-refractivity contribution in [1.82, 2.24) is 14.5 Å². The standard InChI is InChI=1S/C18H28N5O2/c1-5-14-12(2)10-15(25-14)22-11-21(6-7-23(4)8-9-23)16-17(22)19-13(3)20-18(16)24/h11-12,14-15H,5-10H2,1-4H3/q+1/p+1/t12-,14-,15-/m1/s1. The maximum absolute atomic E-state index is 12.6. The lowest BCUT2D eigenvalue weighted by molar-refractivity contribution is -0.778. The Morgan fingerprint density at radius 2 is 2.24 bits per heavy atom. The largest absolute Gasteiger partial charge is 0.342 e. The van der Waals surface area contributed by atoms with E-state index in [9.17, 15) is 4.79 Å². The first-order chi connectivity index (χ1) is 11.9. The average molecular weight is 347 g/mol. The number of hydrogen-bond donors (Lipinski definition) is 1. The summed E-state index contributed by atoms with van der Waals surface area (Å²) < 4.78 is 11.5. The van der Waals surface area contributed by atoms with Crippen LogP contribution in [-0.4, -0.2) is 51.8 Å². The van der Waals surface area contributed by atoms with Crippen molar-refractivity contribution in [1.29, 1.82) is 0 Å². The van der Waals surface area contributed by atoms with Crippen LogP contribution in [0.3, 0.4) is 0 Å². The van der Waals surface area contributed by atoms with Gasteiger partial charge in [-0.1, -0.05) is 18.8 Å². The molecule has 7 heteroatoms. The second-order valence-electron chi connectivity index (χ2n) is 8.08. The van der Waals surface area contributed by atoms with Gasteiger partial charge in [-0.2, -0.15) is 0 Å². The molecule has 0 aromatic carbocycles. The molecule has 0 saturated carbocycles. The van der Waals surface area contributed by atoms with E-state index in [1.165, 1.54) is 13.1 Å². The number of ether oxygens (including phenoxy) is 1. The minimum Gasteiger partial charge on any atom is -0.342 e. The van der Waals surface area contributed by atoms with Crippen LogP contribution < -0.4 is 10.1 Å². The van der Waals surface area contributed by atoms with Gasteiger partial charge in [0, 0.05) is 13.3 Å². The third-order valence-corrected chi connectivity index (χ3v) is 5.91. The zero-order valence-corrected chi connectivity index (χ0v) is 15.7. The molecule has 2 aromatic rings. The fourth-order valence-electron chi connectivity index (χ4n) is 3.93. The van der Waals surface area contributed by atoms with Crippen LogP contribution in [0.1, 0.15) is 38.7 Å². The van der Waals surface area contributed by atoms with Crippen LogP contribution in [-0.2, 0) is 11.3 Å². The molecule has 4 heterocycles. The van der Waals surface area contributed by atoms with Gasteiger partial charge in [-0.25, -0.2) is 9.13 Å². The van der Waals surface area contributed by atoms with E-state index in [1.54, 1.807) is 0 Å². The summed E-state index contributed by atoms with van der Waals surface area (Å²) in [7, 11) is 2.26. The number of aromatic amines is 1. The first kappa shape index (κ1) is 16.7. The van der Waals surface area contributed by atoms with Gasteiger partial charge in [0.2, 0.25) is 5.52 Å². The molecule has 7 nitrogen and oxygen atoms in total. The van der Waals surface area contributed by atoms with Crippen molar-refractivity contribution < 1.29 is 13.8 Å². The molecular formula is C18H29N5O2+2. The molecule has 4 rings (SSSR count). The van der Waals surface area contributed by atoms with Crippen molar-refractivity contribution in [3.05, 3.63) is 22.5 Å². The van der Waals surface area contributed by atoms with Crippen molar-refractivity contribution >= 4 is 11.2 Å². The Kier molecular flexibility index (Phi) is 3.96. The molecule has 0 amide bonds. The summed E-state index contributed by atoms with van der Waals surface area (Å²) in [5.41, 5.74) is 1.34. The summed E-state index contributed by atoms with van der Waals surface area (Å²) in [4.78, 5) is 20.1. The van der Waals surface area contributed by atoms with Crippen LogP contribution in [0.15, 0.2) is 11.1 Å². The molecule has 3 atom stereocenters. The Labute approximate surface area is 147 Å². The topological polar surface area (TPSA) is 63.8 Å². The maximum atomic E-state index is 12.6. The van der Waals surface area contributed by atoms with Crippen molar-refractivity contribution in [2.75, 3.05) is 26.7 Å². The number of hydrogen-bond acceptors (Lipinski definition) is 3. The minimum absolute atomic E-state index is 0.0385. The lowest BCUT2D eigenvalue weighted by Gasteiger charge is -2.11. The highest BCUT2D eigenvalue weighted by Gasteiger charge is 2.39. The van der Waals surface area contributed by atoms with E-state index >= 15 is 0 Å². The van der Waals surface area contributed by atoms with Gasteiger partial charge in [-0.3, -0.25) is 9.78 Å². The number of aryl methyl sites for hydroxylation is 1. The minimum atomic E-state index is -0.0622. The highest BCUT2D eigenvalue weighted by Crippen LogP contribution is 2.32. The van der Waals surface area contributed by atoms with Crippen molar-refractivity contribution in [3.8, 4) is 0 Å². The highest BCUT2D eigenvalue weighted by molar-refractivity contribution is 5.65. The quantitative estimate of drug-likeness (QED) is 0.501. The van der Waals surface area contributed by atoms with E-state index < -0.39 is 0 Å². The van der Waals surface area contributed by atoms with Gasteiger partial charge in [0.25, 0.3) is 5.56 Å². The number of likely N-dealkylation sites (N-methyl/N-ethyl adjacent to an activating group) is 1. The summed E-state index contributed by atoms with van der Waals surface area (Å²) in [5, 5.41) is 0. The van der Waals surface area contributed by atoms with Crippen LogP contribution >= 0.6 is 0 Å². The predicted molar refractivity (Wildman–Crippen MR) is 94.1 cm³/mol. The SMILES string of the molecule is CC[C@H]1O[C@@H]([n+]2cn(CC[N+]3(C)CC3)c3c(=O)[nH]c(C)nc32)C[C@H]1C. The Bertz CT molecular complexity index is 851. The molecule has 2 fully saturated rings. The average Bonchev–Trinajstić information content (AvgIpc) is 3.02. The second-order valence-corrected chi connectivity index (χ2v) is 8.08. The lowest BCUT2D eigenvalue weighted by atomic mass is 10.0. The molecule has 0 bridgehead atoms. The van der Waals surface area contributed by atoms with Gasteiger partial charge in [0.15, 0.2) is 18.4 Å². The highest BCUT2D eigenvalue weighted by atomic mass is 16.5. The van der Waals surface area contributed by atoms with Crippen LogP contribution in [0.25, 0.3) is 11.2 Å². The molecule has 2 saturated heterocycles. The fraction of sp³-hybridized carbons (Fsp3) is 0.722. The Balaban J connectivity index is 1.74. The number of H-pyrrole nitrogens is 1. The van der Waals surface area contributed by atoms with Crippen molar-refractivity contribution in [3.63, 3.8) is 0 Å². The number of imidazole rings is 1. The zero-order valence-electron chi connectivity index (χ0n) is 15.7. The number of quaternary nitrogens is 1. The number of fused-ring (bicyclic) bond motifs is 1. The van der Waals surface area contributed by atoms with Crippen LogP contribution in [0.5, 0.6) is 0 Å². The van der Waals surface area contributed by atoms with Crippen molar-refractivity contribution in [2.24, 2.45) is 5.92 Å². The molecule has 0 unspecified atom stereocenters. The number of aromatic nitrogens is 4. The second kappa shape index (κ2) is 5.92. The third kappa shape index (κ3) is 3.00. The first-order valence-electron chi connectivity index (χ1n) is 9.40. The Hall–Kier alpha value is -1.73. The molecular weight excluding hydrogens is 318 g/mol. The number of nitrogens with one attached hydrogen (secondary N) is 1. The number of nitrogens with zero attached hydrogens (tertiary/aromatic N) is 4. The normalized spacial score (nSPS) is 27.9. The zero-order chi connectivity index (χ0) is 17.8. The van der Waals surface area contributed by atoms with Crippen LogP contribution in [0, 0.1) is 12.8 Å². The van der Waals surface area contributed by atoms with E-state index in [1.807, 2.05) is 13.3 Å². The predicted octanol–water partition coefficient (Wildman–Crippen LogP) is 1.11. The molecule has 0 aliphatic carbocycles. The van der Waals surface area contributed by atoms with Crippen LogP contribution in [0.4, 0.5) is 0 Å². The smallest absolute Gasteiger partial charge is 0.311 e. The molecule has 25 heavy (non-hydrogen) atoms. The van der Waals surface area contributed by atoms with E-state index in [2.05, 4.69) is 40.0 Å². The molecule has 0 radical (unpaired) electrons. The molecule has 2 aliphatic heterocycles. The summed E-state index contributed by atoms with van der Waals surface area (Å²) in [6.45, 7) is 10.6. The molecule has 1 N–H and O–H groups in total. The Morgan fingerprint density at radius 3 is 2.88 bits per heavy atom. The molecule has 2 aliphatic rings. The van der Waals surface area contributed by atoms with E-state index in [0.29, 0.717) is 17.3 Å². The summed E-state index contributed by atoms with van der Waals surface area (Å²) in [6.07, 6.45) is 4.25. The van der Waals surface area contributed by atoms with E-state index in [-0.39, 0.29) is 17.9 Å². The third-order valence-electron chi connectivity index (χ3n) is 5.91. The van der Waals surface area contributed by atoms with Gasteiger partial charge in [0.1, 0.15) is 26.2 Å². The first-order valence-corrected chi connectivity index (χ1v) is 9.40. The van der Waals surface area contributed by atoms with Gasteiger partial charge < -0.3 is 9.22 Å². The molecule has 0 spiro atoms. The summed E-state index contributed by atoms with van der Waals surface area (Å²) in [6, 6.07) is 0. The van der Waals surface area contributed by atoms with Crippen LogP contribution in [0.2, 0.25) is 0 Å². The van der Waals surface area contributed by atoms with Gasteiger partial charge >= 0.3 is 5.65 Å². The van der Waals surface area contributed by atoms with Gasteiger partial charge in [-0.05, 0) is 12.3 Å². The molecule has 2 aromatic heterocycles. The van der Waals surface area contributed by atoms with Gasteiger partial charge in [-0.15, -0.1) is 0 Å². The van der Waals surface area contributed by atoms with E-state index in [0.717, 1.165) is 36.1 Å². The molecule has 136 valence electrons. The van der Waals surface area contributed by atoms with E-state index in [4.69, 9.17) is 4.74 Å². The summed E-state index contributed by atoms with van der Waals surface area (Å²) in [5.74, 6) is 1.16. The van der Waals surface area contributed by atoms with Crippen molar-refractivity contribution in [2.45, 2.75) is 52.5 Å².